The van der Waals surface area contributed by atoms with E-state index in [1.807, 2.05) is 17.9 Å². The van der Waals surface area contributed by atoms with Crippen molar-refractivity contribution in [3.05, 3.63) is 40.3 Å². The molecule has 1 aliphatic rings. The lowest BCUT2D eigenvalue weighted by Crippen LogP contribution is -2.34. The molecular weight excluding hydrogens is 366 g/mol. The number of hydrogen-bond acceptors (Lipinski definition) is 5. The van der Waals surface area contributed by atoms with Crippen LogP contribution in [0.25, 0.3) is 9.53 Å². The third-order valence-electron chi connectivity index (χ3n) is 4.74. The predicted molar refractivity (Wildman–Crippen MR) is 108 cm³/mol. The molecule has 0 spiro atoms. The van der Waals surface area contributed by atoms with Crippen LogP contribution in [0.1, 0.15) is 34.9 Å². The topological polar surface area (TPSA) is 54.5 Å². The third-order valence-corrected chi connectivity index (χ3v) is 6.74. The number of anilines is 1. The number of fused-ring (bicyclic) bond motifs is 1. The van der Waals surface area contributed by atoms with E-state index < -0.39 is 0 Å². The molecule has 1 atom stereocenters. The minimum absolute atomic E-state index is 0.0703. The molecule has 2 amide bonds. The number of benzene rings is 1. The maximum atomic E-state index is 12.8. The van der Waals surface area contributed by atoms with Gasteiger partial charge in [0.2, 0.25) is 0 Å². The third kappa shape index (κ3) is 3.17. The Bertz CT molecular complexity index is 932. The van der Waals surface area contributed by atoms with E-state index in [1.54, 1.807) is 18.4 Å². The number of carbonyl (C=O) groups is 1. The second-order valence-electron chi connectivity index (χ2n) is 6.56. The standard InChI is InChI=1S/C19H21N3O2S2/c1-11-9-13(6-7-15(11)24-3)14-5-4-8-22(14)19(23)21-18-20-17-16(26-18)10-12(2)25-17/h6-7,9-10,14H,4-5,8H2,1-3H3,(H,20,21,23). The summed E-state index contributed by atoms with van der Waals surface area (Å²) in [5, 5.41) is 3.67. The SMILES string of the molecule is COc1ccc(C2CCCN2C(=O)Nc2nc3sc(C)cc3s2)cc1C. The van der Waals surface area contributed by atoms with Crippen molar-refractivity contribution in [2.75, 3.05) is 19.0 Å². The molecule has 0 saturated carbocycles. The van der Waals surface area contributed by atoms with E-state index >= 15 is 0 Å². The largest absolute Gasteiger partial charge is 0.496 e. The molecule has 0 bridgehead atoms. The van der Waals surface area contributed by atoms with Gasteiger partial charge in [0.05, 0.1) is 17.9 Å². The van der Waals surface area contributed by atoms with Crippen LogP contribution in [0.2, 0.25) is 0 Å². The number of hydrogen-bond donors (Lipinski definition) is 1. The van der Waals surface area contributed by atoms with Crippen molar-refractivity contribution in [1.29, 1.82) is 0 Å². The second kappa shape index (κ2) is 6.89. The fourth-order valence-corrected chi connectivity index (χ4v) is 5.54. The molecular formula is C19H21N3O2S2. The van der Waals surface area contributed by atoms with Crippen LogP contribution in [0, 0.1) is 13.8 Å². The molecule has 4 rings (SSSR count). The molecule has 3 aromatic rings. The van der Waals surface area contributed by atoms with Gasteiger partial charge in [-0.25, -0.2) is 9.78 Å². The number of thiazole rings is 1. The highest BCUT2D eigenvalue weighted by Crippen LogP contribution is 2.36. The van der Waals surface area contributed by atoms with Gasteiger partial charge in [-0.15, -0.1) is 11.3 Å². The first-order chi connectivity index (χ1) is 12.5. The van der Waals surface area contributed by atoms with Gasteiger partial charge >= 0.3 is 6.03 Å². The second-order valence-corrected chi connectivity index (χ2v) is 8.82. The number of nitrogens with one attached hydrogen (secondary N) is 1. The van der Waals surface area contributed by atoms with E-state index in [1.165, 1.54) is 16.2 Å². The Morgan fingerprint density at radius 3 is 2.88 bits per heavy atom. The van der Waals surface area contributed by atoms with Gasteiger partial charge in [-0.3, -0.25) is 5.32 Å². The Morgan fingerprint density at radius 2 is 2.15 bits per heavy atom. The van der Waals surface area contributed by atoms with Gasteiger partial charge in [-0.1, -0.05) is 23.5 Å². The zero-order valence-electron chi connectivity index (χ0n) is 15.0. The Labute approximate surface area is 160 Å². The number of aryl methyl sites for hydroxylation is 2. The van der Waals surface area contributed by atoms with Crippen LogP contribution >= 0.6 is 22.7 Å². The van der Waals surface area contributed by atoms with Crippen LogP contribution in [-0.4, -0.2) is 29.6 Å². The van der Waals surface area contributed by atoms with Crippen molar-refractivity contribution >= 4 is 43.4 Å². The van der Waals surface area contributed by atoms with Gasteiger partial charge in [0.25, 0.3) is 0 Å². The van der Waals surface area contributed by atoms with E-state index in [-0.39, 0.29) is 12.1 Å². The Morgan fingerprint density at radius 1 is 1.31 bits per heavy atom. The minimum Gasteiger partial charge on any atom is -0.496 e. The van der Waals surface area contributed by atoms with Crippen LogP contribution in [0.15, 0.2) is 24.3 Å². The maximum absolute atomic E-state index is 12.8. The number of amides is 2. The maximum Gasteiger partial charge on any atom is 0.324 e. The molecule has 136 valence electrons. The number of rotatable bonds is 3. The van der Waals surface area contributed by atoms with Gasteiger partial charge in [-0.05, 0) is 49.9 Å². The van der Waals surface area contributed by atoms with Crippen molar-refractivity contribution in [3.63, 3.8) is 0 Å². The lowest BCUT2D eigenvalue weighted by Gasteiger charge is -2.25. The summed E-state index contributed by atoms with van der Waals surface area (Å²) in [6.45, 7) is 4.87. The predicted octanol–water partition coefficient (Wildman–Crippen LogP) is 5.35. The normalized spacial score (nSPS) is 17.0. The fourth-order valence-electron chi connectivity index (χ4n) is 3.53. The number of likely N-dealkylation sites (tertiary alicyclic amines) is 1. The lowest BCUT2D eigenvalue weighted by atomic mass is 10.0. The molecule has 2 aromatic heterocycles. The molecule has 1 N–H and O–H groups in total. The summed E-state index contributed by atoms with van der Waals surface area (Å²) in [6, 6.07) is 8.31. The highest BCUT2D eigenvalue weighted by molar-refractivity contribution is 7.29. The first-order valence-electron chi connectivity index (χ1n) is 8.64. The molecule has 1 fully saturated rings. The number of ether oxygens (including phenoxy) is 1. The number of urea groups is 1. The van der Waals surface area contributed by atoms with Crippen LogP contribution < -0.4 is 10.1 Å². The van der Waals surface area contributed by atoms with Crippen molar-refractivity contribution in [2.24, 2.45) is 0 Å². The zero-order chi connectivity index (χ0) is 18.3. The molecule has 5 nitrogen and oxygen atoms in total. The first-order valence-corrected chi connectivity index (χ1v) is 10.3. The van der Waals surface area contributed by atoms with Gasteiger partial charge < -0.3 is 9.64 Å². The van der Waals surface area contributed by atoms with Crippen LogP contribution in [0.5, 0.6) is 5.75 Å². The zero-order valence-corrected chi connectivity index (χ0v) is 16.7. The molecule has 1 saturated heterocycles. The monoisotopic (exact) mass is 387 g/mol. The average molecular weight is 388 g/mol. The van der Waals surface area contributed by atoms with Crippen molar-refractivity contribution in [3.8, 4) is 5.75 Å². The summed E-state index contributed by atoms with van der Waals surface area (Å²) in [5.74, 6) is 0.876. The molecule has 1 unspecified atom stereocenters. The van der Waals surface area contributed by atoms with Gasteiger partial charge in [-0.2, -0.15) is 0 Å². The van der Waals surface area contributed by atoms with Gasteiger partial charge in [0.1, 0.15) is 10.6 Å². The van der Waals surface area contributed by atoms with Crippen LogP contribution in [0.3, 0.4) is 0 Å². The highest BCUT2D eigenvalue weighted by atomic mass is 32.1. The van der Waals surface area contributed by atoms with Gasteiger partial charge in [0.15, 0.2) is 5.13 Å². The summed E-state index contributed by atoms with van der Waals surface area (Å²) < 4.78 is 6.48. The van der Waals surface area contributed by atoms with E-state index in [0.29, 0.717) is 5.13 Å². The minimum atomic E-state index is -0.0703. The van der Waals surface area contributed by atoms with E-state index in [4.69, 9.17) is 4.74 Å². The number of carbonyl (C=O) groups excluding carboxylic acids is 1. The lowest BCUT2D eigenvalue weighted by molar-refractivity contribution is 0.207. The average Bonchev–Trinajstić information content (AvgIpc) is 3.29. The number of aromatic nitrogens is 1. The van der Waals surface area contributed by atoms with Crippen LogP contribution in [-0.2, 0) is 0 Å². The molecule has 0 aliphatic carbocycles. The molecule has 7 heteroatoms. The van der Waals surface area contributed by atoms with Crippen molar-refractivity contribution in [2.45, 2.75) is 32.7 Å². The summed E-state index contributed by atoms with van der Waals surface area (Å²) in [7, 11) is 1.68. The molecule has 0 radical (unpaired) electrons. The molecule has 3 heterocycles. The van der Waals surface area contributed by atoms with E-state index in [9.17, 15) is 4.79 Å². The highest BCUT2D eigenvalue weighted by Gasteiger charge is 2.30. The van der Waals surface area contributed by atoms with Gasteiger partial charge in [0, 0.05) is 11.4 Å². The molecule has 26 heavy (non-hydrogen) atoms. The Kier molecular flexibility index (Phi) is 4.58. The summed E-state index contributed by atoms with van der Waals surface area (Å²) in [5.41, 5.74) is 2.25. The molecule has 1 aromatic carbocycles. The molecule has 1 aliphatic heterocycles. The summed E-state index contributed by atoms with van der Waals surface area (Å²) in [6.07, 6.45) is 1.99. The number of nitrogens with zero attached hydrogens (tertiary/aromatic N) is 2. The first kappa shape index (κ1) is 17.3. The van der Waals surface area contributed by atoms with E-state index in [2.05, 4.69) is 35.4 Å². The Hall–Kier alpha value is -2.12. The fraction of sp³-hybridized carbons (Fsp3) is 0.368. The number of thiophene rings is 1. The van der Waals surface area contributed by atoms with Crippen LogP contribution in [0.4, 0.5) is 9.93 Å². The smallest absolute Gasteiger partial charge is 0.324 e. The Balaban J connectivity index is 1.52. The van der Waals surface area contributed by atoms with E-state index in [0.717, 1.165) is 45.8 Å². The summed E-state index contributed by atoms with van der Waals surface area (Å²) in [4.78, 5) is 21.5. The quantitative estimate of drug-likeness (QED) is 0.659. The summed E-state index contributed by atoms with van der Waals surface area (Å²) >= 11 is 3.19. The van der Waals surface area contributed by atoms with Crippen molar-refractivity contribution < 1.29 is 9.53 Å². The number of methoxy groups -OCH3 is 1. The van der Waals surface area contributed by atoms with Crippen molar-refractivity contribution in [1.82, 2.24) is 9.88 Å².